The molecule has 0 spiro atoms. The van der Waals surface area contributed by atoms with Crippen molar-refractivity contribution in [3.05, 3.63) is 47.0 Å². The van der Waals surface area contributed by atoms with E-state index in [4.69, 9.17) is 11.6 Å². The second-order valence-corrected chi connectivity index (χ2v) is 4.75. The Morgan fingerprint density at radius 1 is 1.47 bits per heavy atom. The van der Waals surface area contributed by atoms with Crippen LogP contribution in [0.5, 0.6) is 0 Å². The zero-order valence-corrected chi connectivity index (χ0v) is 12.6. The van der Waals surface area contributed by atoms with Gasteiger partial charge in [0.25, 0.3) is 0 Å². The second-order valence-electron chi connectivity index (χ2n) is 4.32. The van der Waals surface area contributed by atoms with Gasteiger partial charge in [0, 0.05) is 32.2 Å². The summed E-state index contributed by atoms with van der Waals surface area (Å²) in [7, 11) is 3.82. The van der Waals surface area contributed by atoms with Crippen molar-refractivity contribution in [2.24, 2.45) is 4.99 Å². The van der Waals surface area contributed by atoms with Crippen molar-refractivity contribution in [1.82, 2.24) is 10.2 Å². The standard InChI is InChI=1S/C15H22ClN3/c1-4-5-6-10-18-15(17-2)19(3)12-13-8-7-9-14(16)11-13/h4-5,7-9,11H,6,10,12H2,1-3H3,(H,17,18)/b5-4+. The monoisotopic (exact) mass is 279 g/mol. The number of hydrogen-bond donors (Lipinski definition) is 1. The molecular formula is C15H22ClN3. The minimum atomic E-state index is 0.766. The molecule has 0 unspecified atom stereocenters. The van der Waals surface area contributed by atoms with Crippen LogP contribution in [0.25, 0.3) is 0 Å². The van der Waals surface area contributed by atoms with E-state index < -0.39 is 0 Å². The molecule has 19 heavy (non-hydrogen) atoms. The van der Waals surface area contributed by atoms with Gasteiger partial charge in [-0.05, 0) is 31.0 Å². The van der Waals surface area contributed by atoms with Gasteiger partial charge in [0.05, 0.1) is 0 Å². The minimum Gasteiger partial charge on any atom is -0.356 e. The maximum Gasteiger partial charge on any atom is 0.193 e. The van der Waals surface area contributed by atoms with Crippen molar-refractivity contribution in [3.8, 4) is 0 Å². The van der Waals surface area contributed by atoms with Crippen molar-refractivity contribution in [1.29, 1.82) is 0 Å². The summed E-state index contributed by atoms with van der Waals surface area (Å²) in [6, 6.07) is 7.89. The molecule has 0 amide bonds. The summed E-state index contributed by atoms with van der Waals surface area (Å²) in [5.41, 5.74) is 1.17. The summed E-state index contributed by atoms with van der Waals surface area (Å²) in [4.78, 5) is 6.36. The highest BCUT2D eigenvalue weighted by Gasteiger charge is 2.05. The van der Waals surface area contributed by atoms with E-state index in [0.717, 1.165) is 30.5 Å². The van der Waals surface area contributed by atoms with Gasteiger partial charge in [-0.15, -0.1) is 0 Å². The number of nitrogens with zero attached hydrogens (tertiary/aromatic N) is 2. The molecule has 1 aromatic rings. The Morgan fingerprint density at radius 3 is 2.89 bits per heavy atom. The van der Waals surface area contributed by atoms with E-state index in [1.165, 1.54) is 5.56 Å². The fraction of sp³-hybridized carbons (Fsp3) is 0.400. The molecule has 0 fully saturated rings. The number of halogens is 1. The highest BCUT2D eigenvalue weighted by molar-refractivity contribution is 6.30. The Labute approximate surface area is 121 Å². The van der Waals surface area contributed by atoms with Crippen molar-refractivity contribution < 1.29 is 0 Å². The van der Waals surface area contributed by atoms with Crippen molar-refractivity contribution in [2.75, 3.05) is 20.6 Å². The Balaban J connectivity index is 2.52. The van der Waals surface area contributed by atoms with Crippen LogP contribution in [0.1, 0.15) is 18.9 Å². The lowest BCUT2D eigenvalue weighted by Gasteiger charge is -2.22. The highest BCUT2D eigenvalue weighted by atomic mass is 35.5. The maximum atomic E-state index is 5.99. The van der Waals surface area contributed by atoms with Crippen molar-refractivity contribution in [3.63, 3.8) is 0 Å². The lowest BCUT2D eigenvalue weighted by molar-refractivity contribution is 0.477. The van der Waals surface area contributed by atoms with Gasteiger partial charge < -0.3 is 10.2 Å². The number of hydrogen-bond acceptors (Lipinski definition) is 1. The van der Waals surface area contributed by atoms with Gasteiger partial charge >= 0.3 is 0 Å². The molecule has 0 saturated heterocycles. The van der Waals surface area contributed by atoms with Crippen LogP contribution in [0, 0.1) is 0 Å². The average molecular weight is 280 g/mol. The molecule has 0 aliphatic carbocycles. The lowest BCUT2D eigenvalue weighted by Crippen LogP contribution is -2.38. The quantitative estimate of drug-likeness (QED) is 0.388. The third-order valence-electron chi connectivity index (χ3n) is 2.71. The number of nitrogens with one attached hydrogen (secondary N) is 1. The van der Waals surface area contributed by atoms with E-state index in [1.54, 1.807) is 7.05 Å². The number of benzene rings is 1. The zero-order chi connectivity index (χ0) is 14.1. The molecule has 4 heteroatoms. The highest BCUT2D eigenvalue weighted by Crippen LogP contribution is 2.12. The minimum absolute atomic E-state index is 0.766. The van der Waals surface area contributed by atoms with Crippen LogP contribution in [-0.4, -0.2) is 31.5 Å². The van der Waals surface area contributed by atoms with Crippen molar-refractivity contribution in [2.45, 2.75) is 19.9 Å². The number of guanidine groups is 1. The van der Waals surface area contributed by atoms with Crippen LogP contribution < -0.4 is 5.32 Å². The first-order chi connectivity index (χ1) is 9.17. The van der Waals surface area contributed by atoms with Crippen molar-refractivity contribution >= 4 is 17.6 Å². The summed E-state index contributed by atoms with van der Waals surface area (Å²) in [6.45, 7) is 3.70. The molecule has 0 aromatic heterocycles. The molecule has 0 bridgehead atoms. The van der Waals surface area contributed by atoms with E-state index in [0.29, 0.717) is 0 Å². The van der Waals surface area contributed by atoms with E-state index in [-0.39, 0.29) is 0 Å². The fourth-order valence-corrected chi connectivity index (χ4v) is 2.02. The van der Waals surface area contributed by atoms with Crippen LogP contribution in [0.4, 0.5) is 0 Å². The summed E-state index contributed by atoms with van der Waals surface area (Å²) in [5.74, 6) is 0.893. The molecule has 1 aromatic carbocycles. The summed E-state index contributed by atoms with van der Waals surface area (Å²) in [5, 5.41) is 4.10. The molecule has 104 valence electrons. The molecule has 0 atom stereocenters. The van der Waals surface area contributed by atoms with Gasteiger partial charge in [0.1, 0.15) is 0 Å². The smallest absolute Gasteiger partial charge is 0.193 e. The Kier molecular flexibility index (Phi) is 7.04. The first-order valence-electron chi connectivity index (χ1n) is 6.44. The SMILES string of the molecule is C/C=C/CCNC(=NC)N(C)Cc1cccc(Cl)c1. The van der Waals surface area contributed by atoms with E-state index >= 15 is 0 Å². The number of allylic oxidation sites excluding steroid dienone is 1. The van der Waals surface area contributed by atoms with Gasteiger partial charge in [-0.1, -0.05) is 35.9 Å². The normalized spacial score (nSPS) is 11.9. The molecule has 0 aliphatic rings. The lowest BCUT2D eigenvalue weighted by atomic mass is 10.2. The van der Waals surface area contributed by atoms with Gasteiger partial charge in [0.15, 0.2) is 5.96 Å². The first-order valence-corrected chi connectivity index (χ1v) is 6.82. The van der Waals surface area contributed by atoms with E-state index in [2.05, 4.69) is 33.4 Å². The Morgan fingerprint density at radius 2 is 2.26 bits per heavy atom. The Bertz CT molecular complexity index is 441. The molecular weight excluding hydrogens is 258 g/mol. The first kappa shape index (κ1) is 15.6. The number of rotatable bonds is 5. The van der Waals surface area contributed by atoms with Gasteiger partial charge in [0.2, 0.25) is 0 Å². The Hall–Kier alpha value is -1.48. The molecule has 0 aliphatic heterocycles. The van der Waals surface area contributed by atoms with Gasteiger partial charge in [-0.2, -0.15) is 0 Å². The van der Waals surface area contributed by atoms with Gasteiger partial charge in [-0.25, -0.2) is 0 Å². The predicted molar refractivity (Wildman–Crippen MR) is 83.7 cm³/mol. The molecule has 0 saturated carbocycles. The van der Waals surface area contributed by atoms with Crippen LogP contribution >= 0.6 is 11.6 Å². The van der Waals surface area contributed by atoms with Crippen LogP contribution in [0.15, 0.2) is 41.4 Å². The fourth-order valence-electron chi connectivity index (χ4n) is 1.80. The maximum absolute atomic E-state index is 5.99. The van der Waals surface area contributed by atoms with Crippen LogP contribution in [-0.2, 0) is 6.54 Å². The summed E-state index contributed by atoms with van der Waals surface area (Å²) >= 11 is 5.99. The zero-order valence-electron chi connectivity index (χ0n) is 11.9. The summed E-state index contributed by atoms with van der Waals surface area (Å²) < 4.78 is 0. The molecule has 1 rings (SSSR count). The van der Waals surface area contributed by atoms with E-state index in [1.807, 2.05) is 32.2 Å². The number of aliphatic imine (C=N–C) groups is 1. The molecule has 3 nitrogen and oxygen atoms in total. The predicted octanol–water partition coefficient (Wildman–Crippen LogP) is 3.31. The molecule has 1 N–H and O–H groups in total. The van der Waals surface area contributed by atoms with Gasteiger partial charge in [-0.3, -0.25) is 4.99 Å². The topological polar surface area (TPSA) is 27.6 Å². The second kappa shape index (κ2) is 8.59. The van der Waals surface area contributed by atoms with E-state index in [9.17, 15) is 0 Å². The summed E-state index contributed by atoms with van der Waals surface area (Å²) in [6.07, 6.45) is 5.19. The average Bonchev–Trinajstić information content (AvgIpc) is 2.38. The third kappa shape index (κ3) is 5.79. The van der Waals surface area contributed by atoms with Crippen LogP contribution in [0.3, 0.4) is 0 Å². The third-order valence-corrected chi connectivity index (χ3v) is 2.95. The largest absolute Gasteiger partial charge is 0.356 e. The molecule has 0 heterocycles. The molecule has 0 radical (unpaired) electrons. The van der Waals surface area contributed by atoms with Crippen LogP contribution in [0.2, 0.25) is 5.02 Å².